The molecule has 26 heavy (non-hydrogen) atoms. The Labute approximate surface area is 157 Å². The minimum absolute atomic E-state index is 0.0239. The largest absolute Gasteiger partial charge is 0.463 e. The zero-order valence-corrected chi connectivity index (χ0v) is 16.2. The first-order valence-electron chi connectivity index (χ1n) is 8.77. The van der Waals surface area contributed by atoms with Crippen molar-refractivity contribution in [3.63, 3.8) is 0 Å². The summed E-state index contributed by atoms with van der Waals surface area (Å²) in [6, 6.07) is 9.47. The Kier molecular flexibility index (Phi) is 5.67. The first-order chi connectivity index (χ1) is 12.4. The van der Waals surface area contributed by atoms with Crippen LogP contribution in [0.4, 0.5) is 5.69 Å². The summed E-state index contributed by atoms with van der Waals surface area (Å²) in [5, 5.41) is 0.658. The number of rotatable bonds is 3. The number of amides is 1. The number of carbonyl (C=O) groups excluding carboxylic acids is 2. The van der Waals surface area contributed by atoms with Crippen molar-refractivity contribution in [3.8, 4) is 0 Å². The lowest BCUT2D eigenvalue weighted by molar-refractivity contribution is -0.152. The SMILES string of the molecule is CC(=O)OC[C@H]1O[C@@H]2SC(N(C(C)=O)c3ccccc3)=N[C@@H]2[C@@H](C)[C@@H]1C. The molecule has 1 aromatic carbocycles. The highest BCUT2D eigenvalue weighted by Crippen LogP contribution is 2.43. The molecule has 1 aromatic rings. The molecule has 1 fully saturated rings. The van der Waals surface area contributed by atoms with Gasteiger partial charge in [-0.1, -0.05) is 43.8 Å². The van der Waals surface area contributed by atoms with Gasteiger partial charge >= 0.3 is 5.97 Å². The zero-order valence-electron chi connectivity index (χ0n) is 15.4. The summed E-state index contributed by atoms with van der Waals surface area (Å²) in [5.41, 5.74) is 0.615. The van der Waals surface area contributed by atoms with E-state index in [1.165, 1.54) is 25.6 Å². The van der Waals surface area contributed by atoms with Crippen molar-refractivity contribution in [1.29, 1.82) is 0 Å². The van der Waals surface area contributed by atoms with Crippen molar-refractivity contribution in [1.82, 2.24) is 0 Å². The van der Waals surface area contributed by atoms with Crippen molar-refractivity contribution < 1.29 is 19.1 Å². The summed E-state index contributed by atoms with van der Waals surface area (Å²) in [4.78, 5) is 29.8. The van der Waals surface area contributed by atoms with Crippen LogP contribution < -0.4 is 4.90 Å². The fraction of sp³-hybridized carbons (Fsp3) is 0.526. The maximum atomic E-state index is 12.3. The second kappa shape index (κ2) is 7.80. The van der Waals surface area contributed by atoms with Gasteiger partial charge in [0, 0.05) is 13.8 Å². The number of ether oxygens (including phenoxy) is 2. The number of hydrogen-bond acceptors (Lipinski definition) is 6. The third-order valence-electron chi connectivity index (χ3n) is 4.99. The van der Waals surface area contributed by atoms with Gasteiger partial charge in [0.1, 0.15) is 12.0 Å². The van der Waals surface area contributed by atoms with Crippen molar-refractivity contribution in [2.45, 2.75) is 45.3 Å². The quantitative estimate of drug-likeness (QED) is 0.759. The van der Waals surface area contributed by atoms with E-state index < -0.39 is 0 Å². The molecule has 2 aliphatic heterocycles. The van der Waals surface area contributed by atoms with Crippen LogP contribution in [0, 0.1) is 11.8 Å². The van der Waals surface area contributed by atoms with Gasteiger partial charge in [0.25, 0.3) is 0 Å². The predicted octanol–water partition coefficient (Wildman–Crippen LogP) is 3.07. The van der Waals surface area contributed by atoms with E-state index in [9.17, 15) is 9.59 Å². The fourth-order valence-electron chi connectivity index (χ4n) is 3.32. The number of carbonyl (C=O) groups is 2. The Bertz CT molecular complexity index is 709. The van der Waals surface area contributed by atoms with E-state index in [4.69, 9.17) is 14.5 Å². The Hall–Kier alpha value is -1.86. The molecular weight excluding hydrogens is 352 g/mol. The fourth-order valence-corrected chi connectivity index (χ4v) is 4.69. The van der Waals surface area contributed by atoms with Crippen LogP contribution in [0.15, 0.2) is 35.3 Å². The van der Waals surface area contributed by atoms with Crippen LogP contribution in [0.1, 0.15) is 27.7 Å². The summed E-state index contributed by atoms with van der Waals surface area (Å²) in [6.45, 7) is 7.41. The number of fused-ring (bicyclic) bond motifs is 1. The van der Waals surface area contributed by atoms with Crippen LogP contribution in [-0.2, 0) is 19.1 Å². The molecule has 0 aliphatic carbocycles. The summed E-state index contributed by atoms with van der Waals surface area (Å²) < 4.78 is 11.3. The van der Waals surface area contributed by atoms with Crippen molar-refractivity contribution >= 4 is 34.5 Å². The minimum Gasteiger partial charge on any atom is -0.463 e. The molecule has 1 amide bonds. The first-order valence-corrected chi connectivity index (χ1v) is 9.65. The summed E-state index contributed by atoms with van der Waals surface area (Å²) >= 11 is 1.46. The van der Waals surface area contributed by atoms with Gasteiger partial charge in [-0.2, -0.15) is 0 Å². The van der Waals surface area contributed by atoms with Crippen molar-refractivity contribution in [2.75, 3.05) is 11.5 Å². The number of anilines is 1. The molecular formula is C19H24N2O4S. The lowest BCUT2D eigenvalue weighted by Gasteiger charge is -2.40. The van der Waals surface area contributed by atoms with Gasteiger partial charge in [-0.3, -0.25) is 19.5 Å². The van der Waals surface area contributed by atoms with Crippen LogP contribution in [0.2, 0.25) is 0 Å². The van der Waals surface area contributed by atoms with Gasteiger partial charge in [-0.15, -0.1) is 0 Å². The summed E-state index contributed by atoms with van der Waals surface area (Å²) in [7, 11) is 0. The molecule has 0 aromatic heterocycles. The molecule has 5 atom stereocenters. The Morgan fingerprint density at radius 3 is 2.50 bits per heavy atom. The van der Waals surface area contributed by atoms with Crippen LogP contribution in [0.25, 0.3) is 0 Å². The molecule has 7 heteroatoms. The van der Waals surface area contributed by atoms with Gasteiger partial charge in [0.2, 0.25) is 5.91 Å². The summed E-state index contributed by atoms with van der Waals surface area (Å²) in [5.74, 6) is 0.0578. The number of aliphatic imine (C=N–C) groups is 1. The normalized spacial score (nSPS) is 30.3. The summed E-state index contributed by atoms with van der Waals surface area (Å²) in [6.07, 6.45) is -0.167. The molecule has 2 heterocycles. The van der Waals surface area contributed by atoms with E-state index in [0.717, 1.165) is 5.69 Å². The van der Waals surface area contributed by atoms with Crippen LogP contribution >= 0.6 is 11.8 Å². The smallest absolute Gasteiger partial charge is 0.302 e. The number of hydrogen-bond donors (Lipinski definition) is 0. The first kappa shape index (κ1) is 18.9. The number of esters is 1. The van der Waals surface area contributed by atoms with Gasteiger partial charge in [-0.05, 0) is 24.0 Å². The highest BCUT2D eigenvalue weighted by Gasteiger charge is 2.47. The third-order valence-corrected chi connectivity index (χ3v) is 6.12. The van der Waals surface area contributed by atoms with Crippen LogP contribution in [0.3, 0.4) is 0 Å². The number of thioether (sulfide) groups is 1. The molecule has 0 saturated carbocycles. The van der Waals surface area contributed by atoms with E-state index >= 15 is 0 Å². The highest BCUT2D eigenvalue weighted by atomic mass is 32.2. The average molecular weight is 376 g/mol. The Morgan fingerprint density at radius 2 is 1.88 bits per heavy atom. The second-order valence-corrected chi connectivity index (χ2v) is 7.84. The molecule has 0 unspecified atom stereocenters. The van der Waals surface area contributed by atoms with E-state index in [0.29, 0.717) is 5.17 Å². The number of nitrogens with zero attached hydrogens (tertiary/aromatic N) is 2. The van der Waals surface area contributed by atoms with Crippen molar-refractivity contribution in [2.24, 2.45) is 16.8 Å². The maximum Gasteiger partial charge on any atom is 0.302 e. The molecule has 140 valence electrons. The van der Waals surface area contributed by atoms with E-state index in [1.54, 1.807) is 4.90 Å². The van der Waals surface area contributed by atoms with Gasteiger partial charge < -0.3 is 9.47 Å². The van der Waals surface area contributed by atoms with Gasteiger partial charge in [0.05, 0.1) is 17.8 Å². The molecule has 0 spiro atoms. The third kappa shape index (κ3) is 3.78. The van der Waals surface area contributed by atoms with Crippen LogP contribution in [-0.4, -0.2) is 41.2 Å². The van der Waals surface area contributed by atoms with E-state index in [2.05, 4.69) is 13.8 Å². The van der Waals surface area contributed by atoms with Gasteiger partial charge in [0.15, 0.2) is 5.17 Å². The molecule has 2 aliphatic rings. The Balaban J connectivity index is 1.80. The molecule has 6 nitrogen and oxygen atoms in total. The average Bonchev–Trinajstić information content (AvgIpc) is 3.01. The topological polar surface area (TPSA) is 68.2 Å². The molecule has 0 N–H and O–H groups in total. The van der Waals surface area contributed by atoms with Crippen molar-refractivity contribution in [3.05, 3.63) is 30.3 Å². The molecule has 1 saturated heterocycles. The number of amidine groups is 1. The Morgan fingerprint density at radius 1 is 1.19 bits per heavy atom. The van der Waals surface area contributed by atoms with Crippen LogP contribution in [0.5, 0.6) is 0 Å². The van der Waals surface area contributed by atoms with E-state index in [1.807, 2.05) is 30.3 Å². The predicted molar refractivity (Wildman–Crippen MR) is 102 cm³/mol. The highest BCUT2D eigenvalue weighted by molar-refractivity contribution is 8.15. The maximum absolute atomic E-state index is 12.3. The second-order valence-electron chi connectivity index (χ2n) is 6.77. The number of benzene rings is 1. The van der Waals surface area contributed by atoms with Gasteiger partial charge in [-0.25, -0.2) is 0 Å². The standard InChI is InChI=1S/C19H24N2O4S/c1-11-12(2)17-18(25-16(11)10-24-14(4)23)26-19(20-17)21(13(3)22)15-8-6-5-7-9-15/h5-9,11-12,16-18H,10H2,1-4H3/t11-,12-,16+,17+,18+/m0/s1. The zero-order chi connectivity index (χ0) is 18.8. The molecule has 0 radical (unpaired) electrons. The van der Waals surface area contributed by atoms with E-state index in [-0.39, 0.29) is 47.9 Å². The molecule has 3 rings (SSSR count). The molecule has 0 bridgehead atoms. The lowest BCUT2D eigenvalue weighted by Crippen LogP contribution is -2.47. The number of para-hydroxylation sites is 1. The lowest BCUT2D eigenvalue weighted by atomic mass is 9.83. The minimum atomic E-state index is -0.307. The monoisotopic (exact) mass is 376 g/mol.